The molecule has 6 aromatic heterocycles. The Bertz CT molecular complexity index is 6190. The quantitative estimate of drug-likeness (QED) is 0.138. The van der Waals surface area contributed by atoms with E-state index in [1.807, 2.05) is 224 Å². The van der Waals surface area contributed by atoms with Crippen molar-refractivity contribution in [3.8, 4) is 112 Å². The summed E-state index contributed by atoms with van der Waals surface area (Å²) in [5, 5.41) is 4.96. The van der Waals surface area contributed by atoms with Crippen LogP contribution in [0.25, 0.3) is 154 Å². The molecule has 2 aliphatic heterocycles. The predicted molar refractivity (Wildman–Crippen MR) is 417 cm³/mol. The van der Waals surface area contributed by atoms with Gasteiger partial charge in [-0.3, -0.25) is 0 Å². The molecule has 8 heterocycles. The van der Waals surface area contributed by atoms with Crippen LogP contribution in [0.5, 0.6) is 0 Å². The van der Waals surface area contributed by atoms with Gasteiger partial charge in [0.25, 0.3) is 0 Å². The number of para-hydroxylation sites is 1. The van der Waals surface area contributed by atoms with Gasteiger partial charge >= 0.3 is 0 Å². The Morgan fingerprint density at radius 2 is 0.682 bits per heavy atom. The second kappa shape index (κ2) is 33.4. The van der Waals surface area contributed by atoms with Gasteiger partial charge in [-0.2, -0.15) is 0 Å². The van der Waals surface area contributed by atoms with E-state index in [0.717, 1.165) is 132 Å². The SMILES string of the molecule is O=S1(=O)c2ccccc2-c2ccc(-c3ccnc(-c4[c-]cccc4)c3)cc21.O=S1c2ccccc2-c2ccc(-c3ccnc(-c4[c-]cccc4)c3)cc21.[Ir].[Ir].[Ir].[Ir].[c-]1ccccc1-c1cc(-c2ccc3c(c2)oc2ccccc23)ccn1.[c-]1ccccc1-c1cc(-c2ccc3c(c2)sc2ccccc23)ccn1. The van der Waals surface area contributed by atoms with E-state index in [2.05, 4.69) is 147 Å². The molecule has 1 atom stereocenters. The summed E-state index contributed by atoms with van der Waals surface area (Å²) in [6.07, 6.45) is 7.27. The first kappa shape index (κ1) is 75.2. The number of nitrogens with zero attached hydrogens (tertiary/aromatic N) is 4. The number of rotatable bonds is 8. The van der Waals surface area contributed by atoms with Crippen LogP contribution in [0.1, 0.15) is 0 Å². The average Bonchev–Trinajstić information content (AvgIpc) is 1.58. The van der Waals surface area contributed by atoms with E-state index in [0.29, 0.717) is 9.79 Å². The van der Waals surface area contributed by atoms with E-state index >= 15 is 0 Å². The summed E-state index contributed by atoms with van der Waals surface area (Å²) >= 11 is 1.85. The molecule has 0 saturated heterocycles. The van der Waals surface area contributed by atoms with E-state index in [4.69, 9.17) is 4.42 Å². The van der Waals surface area contributed by atoms with Gasteiger partial charge in [-0.1, -0.05) is 140 Å². The maximum atomic E-state index is 12.9. The molecule has 0 fully saturated rings. The van der Waals surface area contributed by atoms with Gasteiger partial charge in [0, 0.05) is 147 Å². The molecule has 107 heavy (non-hydrogen) atoms. The van der Waals surface area contributed by atoms with Crippen molar-refractivity contribution in [3.05, 3.63) is 365 Å². The first-order valence-corrected chi connectivity index (χ1v) is 36.9. The Morgan fingerprint density at radius 1 is 0.299 bits per heavy atom. The van der Waals surface area contributed by atoms with Crippen LogP contribution in [0.2, 0.25) is 0 Å². The Hall–Kier alpha value is -10.0. The number of sulfone groups is 1. The minimum absolute atomic E-state index is 0. The van der Waals surface area contributed by atoms with E-state index in [9.17, 15) is 12.6 Å². The van der Waals surface area contributed by atoms with Gasteiger partial charge in [0.15, 0.2) is 0 Å². The van der Waals surface area contributed by atoms with Crippen LogP contribution in [0.3, 0.4) is 0 Å². The number of fused-ring (bicyclic) bond motifs is 12. The molecule has 15 heteroatoms. The van der Waals surface area contributed by atoms with E-state index in [1.54, 1.807) is 24.4 Å². The number of thiophene rings is 1. The van der Waals surface area contributed by atoms with Crippen LogP contribution < -0.4 is 0 Å². The summed E-state index contributed by atoms with van der Waals surface area (Å²) in [6.45, 7) is 0. The van der Waals surface area contributed by atoms with Gasteiger partial charge in [-0.15, -0.1) is 155 Å². The number of hydrogen-bond donors (Lipinski definition) is 0. The fourth-order valence-corrected chi connectivity index (χ4v) is 17.6. The Labute approximate surface area is 680 Å². The summed E-state index contributed by atoms with van der Waals surface area (Å²) in [7, 11) is -4.60. The van der Waals surface area contributed by atoms with Crippen LogP contribution in [0, 0.1) is 24.3 Å². The molecule has 0 bridgehead atoms. The number of benzene rings is 12. The Kier molecular flexibility index (Phi) is 23.5. The molecule has 2 aliphatic rings. The fraction of sp³-hybridized carbons (Fsp3) is 0. The maximum Gasteiger partial charge on any atom is 0.207 e. The van der Waals surface area contributed by atoms with Crippen molar-refractivity contribution in [3.63, 3.8) is 0 Å². The number of furan rings is 1. The number of aromatic nitrogens is 4. The summed E-state index contributed by atoms with van der Waals surface area (Å²) in [5.41, 5.74) is 21.5. The second-order valence-electron chi connectivity index (χ2n) is 24.6. The summed E-state index contributed by atoms with van der Waals surface area (Å²) in [6, 6.07) is 117. The van der Waals surface area contributed by atoms with Crippen LogP contribution in [-0.2, 0) is 101 Å². The van der Waals surface area contributed by atoms with E-state index in [-0.39, 0.29) is 80.4 Å². The Balaban J connectivity index is 0.000000125. The van der Waals surface area contributed by atoms with E-state index < -0.39 is 20.6 Å². The minimum Gasteiger partial charge on any atom is -0.456 e. The molecule has 20 rings (SSSR count). The van der Waals surface area contributed by atoms with Gasteiger partial charge in [0.05, 0.1) is 30.4 Å². The number of hydrogen-bond acceptors (Lipinski definition) is 9. The van der Waals surface area contributed by atoms with Crippen molar-refractivity contribution in [2.75, 3.05) is 0 Å². The molecule has 12 aromatic carbocycles. The molecule has 0 N–H and O–H groups in total. The van der Waals surface area contributed by atoms with Gasteiger partial charge in [0.2, 0.25) is 9.84 Å². The normalized spacial score (nSPS) is 12.3. The van der Waals surface area contributed by atoms with Crippen LogP contribution >= 0.6 is 11.3 Å². The van der Waals surface area contributed by atoms with Crippen LogP contribution in [0.15, 0.2) is 364 Å². The van der Waals surface area contributed by atoms with Crippen molar-refractivity contribution in [2.24, 2.45) is 0 Å². The standard InChI is InChI=1S/C23H14NO2S.C23H14NOS.C23H14NO.C23H14NS.4Ir/c25-27(26)22-9-5-4-8-19(22)20-11-10-17(15-23(20)27)18-12-13-24-21(14-18)16-6-2-1-3-7-16;25-26-22-9-5-4-8-19(22)20-11-10-17(15-23(20)26)18-12-13-24-21(14-18)16-6-2-1-3-7-16;2*1-2-6-16(7-3-1)21-14-18(12-13-24-21)17-10-11-20-19-8-4-5-9-22(19)25-23(20)15-17;;;;/h1-6,8-15H;1-6,8-15H;2*1-6,8-15H;;;;/q4*-1;;;;. The zero-order valence-electron chi connectivity index (χ0n) is 56.3. The third-order valence-corrected chi connectivity index (χ3v) is 22.8. The second-order valence-corrected chi connectivity index (χ2v) is 29.0. The molecule has 0 aliphatic carbocycles. The van der Waals surface area contributed by atoms with Crippen LogP contribution in [-0.4, -0.2) is 32.6 Å². The Morgan fingerprint density at radius 3 is 1.22 bits per heavy atom. The molecular weight excluding hydrogens is 2090 g/mol. The third-order valence-electron chi connectivity index (χ3n) is 18.4. The molecule has 4 radical (unpaired) electrons. The molecule has 0 saturated carbocycles. The molecule has 1 unspecified atom stereocenters. The van der Waals surface area contributed by atoms with E-state index in [1.165, 1.54) is 31.3 Å². The van der Waals surface area contributed by atoms with Gasteiger partial charge in [-0.25, -0.2) is 12.6 Å². The first-order chi connectivity index (χ1) is 50.7. The summed E-state index contributed by atoms with van der Waals surface area (Å²) < 4.78 is 47.4. The van der Waals surface area contributed by atoms with Crippen molar-refractivity contribution < 1.29 is 97.5 Å². The summed E-state index contributed by atoms with van der Waals surface area (Å²) in [4.78, 5) is 20.4. The zero-order chi connectivity index (χ0) is 69.2. The summed E-state index contributed by atoms with van der Waals surface area (Å²) in [5.74, 6) is 0. The van der Waals surface area contributed by atoms with Crippen molar-refractivity contribution in [1.29, 1.82) is 0 Å². The molecule has 18 aromatic rings. The maximum absolute atomic E-state index is 12.9. The molecule has 0 amide bonds. The molecule has 8 nitrogen and oxygen atoms in total. The zero-order valence-corrected chi connectivity index (χ0v) is 68.3. The molecule has 526 valence electrons. The topological polar surface area (TPSA) is 116 Å². The van der Waals surface area contributed by atoms with Crippen molar-refractivity contribution in [1.82, 2.24) is 19.9 Å². The van der Waals surface area contributed by atoms with Crippen molar-refractivity contribution in [2.45, 2.75) is 19.6 Å². The smallest absolute Gasteiger partial charge is 0.207 e. The third kappa shape index (κ3) is 15.5. The minimum atomic E-state index is -3.48. The largest absolute Gasteiger partial charge is 0.456 e. The first-order valence-electron chi connectivity index (χ1n) is 33.4. The van der Waals surface area contributed by atoms with Gasteiger partial charge in [0.1, 0.15) is 11.2 Å². The number of pyridine rings is 4. The molecular formula is C92H56Ir4N4O4S3-4. The van der Waals surface area contributed by atoms with Crippen LogP contribution in [0.4, 0.5) is 0 Å². The fourth-order valence-electron chi connectivity index (χ4n) is 13.3. The molecule has 0 spiro atoms. The van der Waals surface area contributed by atoms with Gasteiger partial charge in [-0.05, 0) is 157 Å². The predicted octanol–water partition coefficient (Wildman–Crippen LogP) is 23.1. The average molecular weight is 2150 g/mol. The van der Waals surface area contributed by atoms with Crippen molar-refractivity contribution >= 4 is 74.1 Å². The monoisotopic (exact) mass is 2150 g/mol. The van der Waals surface area contributed by atoms with Gasteiger partial charge < -0.3 is 24.4 Å².